The maximum Gasteiger partial charge on any atom is 0.0642 e. The van der Waals surface area contributed by atoms with Gasteiger partial charge in [-0.25, -0.2) is 0 Å². The van der Waals surface area contributed by atoms with Crippen LogP contribution in [0.1, 0.15) is 52.0 Å². The quantitative estimate of drug-likeness (QED) is 0.475. The zero-order valence-electron chi connectivity index (χ0n) is 18.7. The van der Waals surface area contributed by atoms with Gasteiger partial charge in [-0.2, -0.15) is 0 Å². The van der Waals surface area contributed by atoms with Gasteiger partial charge in [0, 0.05) is 18.8 Å². The molecule has 0 N–H and O–H groups in total. The summed E-state index contributed by atoms with van der Waals surface area (Å²) in [4.78, 5) is 2.40. The van der Waals surface area contributed by atoms with E-state index >= 15 is 0 Å². The number of anilines is 1. The van der Waals surface area contributed by atoms with E-state index in [1.807, 2.05) is 0 Å². The second-order valence-corrected chi connectivity index (χ2v) is 9.45. The van der Waals surface area contributed by atoms with Crippen molar-refractivity contribution in [2.75, 3.05) is 31.2 Å². The van der Waals surface area contributed by atoms with Gasteiger partial charge >= 0.3 is 0 Å². The van der Waals surface area contributed by atoms with Gasteiger partial charge in [0.15, 0.2) is 0 Å². The van der Waals surface area contributed by atoms with E-state index in [2.05, 4.69) is 81.3 Å². The Kier molecular flexibility index (Phi) is 7.40. The lowest BCUT2D eigenvalue weighted by molar-refractivity contribution is 0.122. The molecule has 2 fully saturated rings. The Morgan fingerprint density at radius 3 is 2.59 bits per heavy atom. The van der Waals surface area contributed by atoms with Gasteiger partial charge < -0.3 is 9.64 Å². The van der Waals surface area contributed by atoms with E-state index in [0.717, 1.165) is 38.6 Å². The molecule has 4 atom stereocenters. The second kappa shape index (κ2) is 9.80. The lowest BCUT2D eigenvalue weighted by Crippen LogP contribution is -2.36. The Morgan fingerprint density at radius 1 is 1.28 bits per heavy atom. The van der Waals surface area contributed by atoms with Gasteiger partial charge in [-0.3, -0.25) is 0 Å². The predicted molar refractivity (Wildman–Crippen MR) is 126 cm³/mol. The first-order chi connectivity index (χ1) is 13.9. The topological polar surface area (TPSA) is 12.5 Å². The van der Waals surface area contributed by atoms with Crippen LogP contribution in [0.5, 0.6) is 0 Å². The van der Waals surface area contributed by atoms with Crippen molar-refractivity contribution in [3.8, 4) is 0 Å². The molecule has 1 saturated heterocycles. The average Bonchev–Trinajstić information content (AvgIpc) is 2.75. The molecule has 1 saturated carbocycles. The molecule has 1 aromatic carbocycles. The fraction of sp³-hybridized carbons (Fsp3) is 0.556. The van der Waals surface area contributed by atoms with E-state index in [9.17, 15) is 0 Å². The highest BCUT2D eigenvalue weighted by Crippen LogP contribution is 2.49. The monoisotopic (exact) mass is 393 g/mol. The third kappa shape index (κ3) is 5.42. The normalized spacial score (nSPS) is 29.0. The molecule has 1 unspecified atom stereocenters. The summed E-state index contributed by atoms with van der Waals surface area (Å²) < 4.78 is 5.45. The molecule has 3 rings (SSSR count). The molecule has 1 aliphatic carbocycles. The van der Waals surface area contributed by atoms with Gasteiger partial charge in [0.25, 0.3) is 0 Å². The van der Waals surface area contributed by atoms with Crippen LogP contribution in [0.25, 0.3) is 6.08 Å². The van der Waals surface area contributed by atoms with E-state index < -0.39 is 0 Å². The molecule has 29 heavy (non-hydrogen) atoms. The van der Waals surface area contributed by atoms with Gasteiger partial charge in [-0.15, -0.1) is 6.58 Å². The summed E-state index contributed by atoms with van der Waals surface area (Å²) in [5.74, 6) is 2.05. The minimum absolute atomic E-state index is 0.222. The minimum atomic E-state index is 0.222. The predicted octanol–water partition coefficient (Wildman–Crippen LogP) is 6.75. The third-order valence-electron chi connectivity index (χ3n) is 7.34. The number of morpholine rings is 1. The maximum absolute atomic E-state index is 5.45. The highest BCUT2D eigenvalue weighted by Gasteiger charge is 2.39. The number of allylic oxidation sites excluding steroid dienone is 3. The number of benzene rings is 1. The summed E-state index contributed by atoms with van der Waals surface area (Å²) in [6.45, 7) is 19.0. The highest BCUT2D eigenvalue weighted by molar-refractivity contribution is 5.56. The van der Waals surface area contributed by atoms with Crippen molar-refractivity contribution in [1.29, 1.82) is 0 Å². The fourth-order valence-corrected chi connectivity index (χ4v) is 5.11. The van der Waals surface area contributed by atoms with Crippen molar-refractivity contribution >= 4 is 11.8 Å². The Morgan fingerprint density at radius 2 is 1.97 bits per heavy atom. The lowest BCUT2D eigenvalue weighted by Gasteiger charge is -2.45. The van der Waals surface area contributed by atoms with Crippen molar-refractivity contribution in [2.45, 2.75) is 46.5 Å². The molecular formula is C27H39NO. The number of ether oxygens (including phenoxy) is 1. The molecule has 2 heteroatoms. The minimum Gasteiger partial charge on any atom is -0.378 e. The van der Waals surface area contributed by atoms with E-state index in [0.29, 0.717) is 11.8 Å². The lowest BCUT2D eigenvalue weighted by atomic mass is 9.60. The summed E-state index contributed by atoms with van der Waals surface area (Å²) in [6, 6.07) is 8.95. The first-order valence-corrected chi connectivity index (χ1v) is 11.3. The number of rotatable bonds is 7. The number of hydrogen-bond donors (Lipinski definition) is 0. The summed E-state index contributed by atoms with van der Waals surface area (Å²) in [5, 5.41) is 0. The van der Waals surface area contributed by atoms with Crippen LogP contribution in [0.15, 0.2) is 55.1 Å². The Labute approximate surface area is 178 Å². The standard InChI is InChI=1S/C27H39NO/c1-6-27(5)15-14-24(20-26(27)21(2)3)22(4)8-7-9-23-10-12-25(13-11-23)28-16-18-29-19-17-28/h6-7,9-13,22,24,26H,1-2,8,14-20H2,3-5H3/b9-7+/t22?,24-,26+,27-/m1/s1. The Balaban J connectivity index is 1.53. The molecule has 1 heterocycles. The van der Waals surface area contributed by atoms with Crippen LogP contribution in [0.3, 0.4) is 0 Å². The molecule has 0 bridgehead atoms. The second-order valence-electron chi connectivity index (χ2n) is 9.45. The van der Waals surface area contributed by atoms with Crippen molar-refractivity contribution in [2.24, 2.45) is 23.2 Å². The molecule has 0 aromatic heterocycles. The Hall–Kier alpha value is -1.80. The van der Waals surface area contributed by atoms with Crippen LogP contribution in [0.4, 0.5) is 5.69 Å². The molecule has 0 spiro atoms. The molecule has 0 amide bonds. The summed E-state index contributed by atoms with van der Waals surface area (Å²) in [6.07, 6.45) is 11.8. The fourth-order valence-electron chi connectivity index (χ4n) is 5.11. The van der Waals surface area contributed by atoms with E-state index in [4.69, 9.17) is 4.74 Å². The molecule has 0 radical (unpaired) electrons. The average molecular weight is 394 g/mol. The van der Waals surface area contributed by atoms with Crippen LogP contribution in [-0.2, 0) is 4.74 Å². The molecule has 1 aromatic rings. The smallest absolute Gasteiger partial charge is 0.0642 e. The molecular weight excluding hydrogens is 354 g/mol. The van der Waals surface area contributed by atoms with Gasteiger partial charge in [-0.05, 0) is 73.5 Å². The third-order valence-corrected chi connectivity index (χ3v) is 7.34. The highest BCUT2D eigenvalue weighted by atomic mass is 16.5. The SMILES string of the molecule is C=C[C@]1(C)CC[C@@H](C(C)C/C=C/c2ccc(N3CCOCC3)cc2)C[C@H]1C(=C)C. The zero-order chi connectivity index (χ0) is 20.9. The number of nitrogens with zero attached hydrogens (tertiary/aromatic N) is 1. The number of hydrogen-bond acceptors (Lipinski definition) is 2. The van der Waals surface area contributed by atoms with Crippen molar-refractivity contribution in [3.63, 3.8) is 0 Å². The van der Waals surface area contributed by atoms with Gasteiger partial charge in [-0.1, -0.05) is 56.4 Å². The van der Waals surface area contributed by atoms with Crippen LogP contribution < -0.4 is 4.90 Å². The zero-order valence-corrected chi connectivity index (χ0v) is 18.7. The molecule has 158 valence electrons. The van der Waals surface area contributed by atoms with Crippen LogP contribution in [-0.4, -0.2) is 26.3 Å². The van der Waals surface area contributed by atoms with Gasteiger partial charge in [0.2, 0.25) is 0 Å². The molecule has 1 aliphatic heterocycles. The van der Waals surface area contributed by atoms with E-state index in [-0.39, 0.29) is 5.41 Å². The largest absolute Gasteiger partial charge is 0.378 e. The Bertz CT molecular complexity index is 713. The summed E-state index contributed by atoms with van der Waals surface area (Å²) in [5.41, 5.74) is 4.13. The first-order valence-electron chi connectivity index (χ1n) is 11.3. The van der Waals surface area contributed by atoms with Crippen molar-refractivity contribution in [3.05, 3.63) is 60.7 Å². The van der Waals surface area contributed by atoms with E-state index in [1.165, 1.54) is 36.1 Å². The van der Waals surface area contributed by atoms with Crippen LogP contribution in [0.2, 0.25) is 0 Å². The van der Waals surface area contributed by atoms with Crippen LogP contribution >= 0.6 is 0 Å². The maximum atomic E-state index is 5.45. The first kappa shape index (κ1) is 21.9. The van der Waals surface area contributed by atoms with Crippen molar-refractivity contribution in [1.82, 2.24) is 0 Å². The molecule has 2 nitrogen and oxygen atoms in total. The van der Waals surface area contributed by atoms with Crippen molar-refractivity contribution < 1.29 is 4.74 Å². The van der Waals surface area contributed by atoms with Gasteiger partial charge in [0.1, 0.15) is 0 Å². The summed E-state index contributed by atoms with van der Waals surface area (Å²) >= 11 is 0. The van der Waals surface area contributed by atoms with E-state index in [1.54, 1.807) is 0 Å². The summed E-state index contributed by atoms with van der Waals surface area (Å²) in [7, 11) is 0. The molecule has 2 aliphatic rings. The van der Waals surface area contributed by atoms with Gasteiger partial charge in [0.05, 0.1) is 13.2 Å². The van der Waals surface area contributed by atoms with Crippen LogP contribution in [0, 0.1) is 23.2 Å².